The highest BCUT2D eigenvalue weighted by molar-refractivity contribution is 9.10. The molecule has 1 aromatic carbocycles. The Bertz CT molecular complexity index is 958. The van der Waals surface area contributed by atoms with Crippen LogP contribution in [-0.2, 0) is 9.53 Å². The van der Waals surface area contributed by atoms with Crippen molar-refractivity contribution in [1.29, 1.82) is 0 Å². The van der Waals surface area contributed by atoms with Crippen LogP contribution in [0.5, 0.6) is 0 Å². The molecule has 0 atom stereocenters. The van der Waals surface area contributed by atoms with Crippen LogP contribution in [0.4, 0.5) is 10.5 Å². The van der Waals surface area contributed by atoms with Crippen LogP contribution in [0.3, 0.4) is 0 Å². The van der Waals surface area contributed by atoms with Crippen molar-refractivity contribution in [3.63, 3.8) is 0 Å². The maximum Gasteiger partial charge on any atom is 0.328 e. The average molecular weight is 490 g/mol. The van der Waals surface area contributed by atoms with Crippen LogP contribution >= 0.6 is 15.9 Å². The van der Waals surface area contributed by atoms with E-state index in [-0.39, 0.29) is 17.4 Å². The molecular formula is C24H32BrN3O3. The van der Waals surface area contributed by atoms with E-state index >= 15 is 0 Å². The Kier molecular flexibility index (Phi) is 6.72. The van der Waals surface area contributed by atoms with Gasteiger partial charge in [0.2, 0.25) is 5.91 Å². The van der Waals surface area contributed by atoms with Crippen molar-refractivity contribution in [2.75, 3.05) is 32.1 Å². The van der Waals surface area contributed by atoms with Crippen molar-refractivity contribution in [2.45, 2.75) is 51.9 Å². The Balaban J connectivity index is 1.58. The number of amides is 2. The first-order chi connectivity index (χ1) is 14.9. The molecule has 1 aromatic heterocycles. The zero-order valence-corrected chi connectivity index (χ0v) is 20.0. The van der Waals surface area contributed by atoms with Crippen molar-refractivity contribution in [3.8, 4) is 0 Å². The van der Waals surface area contributed by atoms with Crippen molar-refractivity contribution in [3.05, 3.63) is 28.9 Å². The van der Waals surface area contributed by atoms with E-state index in [2.05, 4.69) is 21.2 Å². The Morgan fingerprint density at radius 3 is 2.55 bits per heavy atom. The minimum atomic E-state index is -0.117. The first-order valence-corrected chi connectivity index (χ1v) is 12.2. The predicted octanol–water partition coefficient (Wildman–Crippen LogP) is 5.64. The van der Waals surface area contributed by atoms with Gasteiger partial charge >= 0.3 is 6.03 Å². The lowest BCUT2D eigenvalue weighted by Gasteiger charge is -2.47. The SMILES string of the molecule is CCN(C)C(=O)n1cc(NC(=O)CC2(C3CCCCCC3)COC2)c2c(Br)cccc21. The summed E-state index contributed by atoms with van der Waals surface area (Å²) in [5.41, 5.74) is 1.41. The van der Waals surface area contributed by atoms with E-state index in [1.54, 1.807) is 22.7 Å². The molecule has 31 heavy (non-hydrogen) atoms. The Hall–Kier alpha value is -1.86. The zero-order valence-electron chi connectivity index (χ0n) is 18.5. The first-order valence-electron chi connectivity index (χ1n) is 11.4. The molecule has 6 nitrogen and oxygen atoms in total. The Morgan fingerprint density at radius 2 is 1.94 bits per heavy atom. The number of benzene rings is 1. The lowest BCUT2D eigenvalue weighted by molar-refractivity contribution is -0.160. The first kappa shape index (κ1) is 22.3. The largest absolute Gasteiger partial charge is 0.380 e. The van der Waals surface area contributed by atoms with Gasteiger partial charge < -0.3 is 15.0 Å². The number of hydrogen-bond donors (Lipinski definition) is 1. The molecule has 0 spiro atoms. The summed E-state index contributed by atoms with van der Waals surface area (Å²) >= 11 is 3.60. The minimum absolute atomic E-state index is 0.00125. The Morgan fingerprint density at radius 1 is 1.23 bits per heavy atom. The van der Waals surface area contributed by atoms with Gasteiger partial charge in [-0.2, -0.15) is 0 Å². The lowest BCUT2D eigenvalue weighted by atomic mass is 9.68. The van der Waals surface area contributed by atoms with Crippen LogP contribution in [-0.4, -0.2) is 48.2 Å². The fourth-order valence-electron chi connectivity index (χ4n) is 5.07. The number of ether oxygens (including phenoxy) is 1. The van der Waals surface area contributed by atoms with Gasteiger partial charge in [0, 0.05) is 41.5 Å². The highest BCUT2D eigenvalue weighted by Gasteiger charge is 2.46. The van der Waals surface area contributed by atoms with E-state index in [1.165, 1.54) is 38.5 Å². The molecule has 2 heterocycles. The molecule has 0 bridgehead atoms. The van der Waals surface area contributed by atoms with E-state index < -0.39 is 0 Å². The van der Waals surface area contributed by atoms with Gasteiger partial charge in [-0.1, -0.05) is 47.7 Å². The molecule has 1 aliphatic heterocycles. The van der Waals surface area contributed by atoms with Gasteiger partial charge in [0.05, 0.1) is 24.4 Å². The molecule has 1 saturated heterocycles. The summed E-state index contributed by atoms with van der Waals surface area (Å²) in [6, 6.07) is 5.63. The highest BCUT2D eigenvalue weighted by atomic mass is 79.9. The number of nitrogens with zero attached hydrogens (tertiary/aromatic N) is 2. The molecule has 0 radical (unpaired) electrons. The lowest BCUT2D eigenvalue weighted by Crippen LogP contribution is -2.50. The normalized spacial score (nSPS) is 18.9. The smallest absolute Gasteiger partial charge is 0.328 e. The number of carbonyl (C=O) groups excluding carboxylic acids is 2. The van der Waals surface area contributed by atoms with Crippen LogP contribution in [0.25, 0.3) is 10.9 Å². The second-order valence-electron chi connectivity index (χ2n) is 9.11. The van der Waals surface area contributed by atoms with E-state index in [0.717, 1.165) is 15.4 Å². The summed E-state index contributed by atoms with van der Waals surface area (Å²) in [5.74, 6) is 0.556. The zero-order chi connectivity index (χ0) is 22.0. The maximum atomic E-state index is 13.2. The summed E-state index contributed by atoms with van der Waals surface area (Å²) in [6.45, 7) is 3.90. The molecule has 2 aliphatic rings. The van der Waals surface area contributed by atoms with Crippen molar-refractivity contribution in [2.24, 2.45) is 11.3 Å². The van der Waals surface area contributed by atoms with Gasteiger partial charge in [0.25, 0.3) is 0 Å². The molecule has 168 valence electrons. The number of aromatic nitrogens is 1. The van der Waals surface area contributed by atoms with Crippen LogP contribution in [0.15, 0.2) is 28.9 Å². The number of carbonyl (C=O) groups is 2. The molecule has 2 aromatic rings. The van der Waals surface area contributed by atoms with Gasteiger partial charge in [-0.25, -0.2) is 4.79 Å². The third kappa shape index (κ3) is 4.40. The molecule has 4 rings (SSSR count). The summed E-state index contributed by atoms with van der Waals surface area (Å²) < 4.78 is 8.08. The average Bonchev–Trinajstić information content (AvgIpc) is 2.90. The highest BCUT2D eigenvalue weighted by Crippen LogP contribution is 2.46. The standard InChI is InChI=1S/C24H32BrN3O3/c1-3-27(2)23(30)28-14-19(22-18(25)11-8-12-20(22)28)26-21(29)13-24(15-31-16-24)17-9-6-4-5-7-10-17/h8,11-12,14,17H,3-7,9-10,13,15-16H2,1-2H3,(H,26,29). The van der Waals surface area contributed by atoms with Gasteiger partial charge in [-0.05, 0) is 37.8 Å². The second-order valence-corrected chi connectivity index (χ2v) is 9.97. The third-order valence-corrected chi connectivity index (χ3v) is 7.73. The molecular weight excluding hydrogens is 458 g/mol. The third-order valence-electron chi connectivity index (χ3n) is 7.07. The number of halogens is 1. The van der Waals surface area contributed by atoms with Gasteiger partial charge in [0.1, 0.15) is 0 Å². The number of anilines is 1. The van der Waals surface area contributed by atoms with Gasteiger partial charge in [-0.3, -0.25) is 9.36 Å². The monoisotopic (exact) mass is 489 g/mol. The minimum Gasteiger partial charge on any atom is -0.380 e. The van der Waals surface area contributed by atoms with Crippen molar-refractivity contribution >= 4 is 44.5 Å². The van der Waals surface area contributed by atoms with Crippen LogP contribution in [0.1, 0.15) is 51.9 Å². The number of nitrogens with one attached hydrogen (secondary N) is 1. The topological polar surface area (TPSA) is 63.6 Å². The fourth-order valence-corrected chi connectivity index (χ4v) is 5.64. The van der Waals surface area contributed by atoms with Crippen LogP contribution in [0.2, 0.25) is 0 Å². The van der Waals surface area contributed by atoms with E-state index in [4.69, 9.17) is 4.74 Å². The summed E-state index contributed by atoms with van der Waals surface area (Å²) in [4.78, 5) is 27.7. The fraction of sp³-hybridized carbons (Fsp3) is 0.583. The maximum absolute atomic E-state index is 13.2. The van der Waals surface area contributed by atoms with Gasteiger partial charge in [-0.15, -0.1) is 0 Å². The molecule has 1 N–H and O–H groups in total. The van der Waals surface area contributed by atoms with E-state index in [0.29, 0.717) is 37.8 Å². The summed E-state index contributed by atoms with van der Waals surface area (Å²) in [5, 5.41) is 3.97. The molecule has 0 unspecified atom stereocenters. The quantitative estimate of drug-likeness (QED) is 0.552. The van der Waals surface area contributed by atoms with Crippen LogP contribution in [0, 0.1) is 11.3 Å². The molecule has 1 aliphatic carbocycles. The number of rotatable bonds is 5. The molecule has 2 fully saturated rings. The van der Waals surface area contributed by atoms with Crippen molar-refractivity contribution in [1.82, 2.24) is 9.47 Å². The van der Waals surface area contributed by atoms with E-state index in [9.17, 15) is 9.59 Å². The predicted molar refractivity (Wildman–Crippen MR) is 126 cm³/mol. The second kappa shape index (κ2) is 9.33. The van der Waals surface area contributed by atoms with E-state index in [1.807, 2.05) is 25.1 Å². The van der Waals surface area contributed by atoms with Crippen LogP contribution < -0.4 is 5.32 Å². The molecule has 7 heteroatoms. The van der Waals surface area contributed by atoms with Gasteiger partial charge in [0.15, 0.2) is 0 Å². The number of fused-ring (bicyclic) bond motifs is 1. The molecule has 2 amide bonds. The Labute approximate surface area is 192 Å². The summed E-state index contributed by atoms with van der Waals surface area (Å²) in [6.07, 6.45) is 9.71. The number of hydrogen-bond acceptors (Lipinski definition) is 3. The molecule has 1 saturated carbocycles. The summed E-state index contributed by atoms with van der Waals surface area (Å²) in [7, 11) is 1.78. The van der Waals surface area contributed by atoms with Crippen molar-refractivity contribution < 1.29 is 14.3 Å².